The molecule has 4 heteroatoms. The highest BCUT2D eigenvalue weighted by Gasteiger charge is 2.26. The van der Waals surface area contributed by atoms with Crippen LogP contribution in [-0.2, 0) is 6.54 Å². The highest BCUT2D eigenvalue weighted by Crippen LogP contribution is 2.24. The van der Waals surface area contributed by atoms with E-state index in [0.29, 0.717) is 12.1 Å². The number of aromatic nitrogens is 2. The molecule has 2 aromatic rings. The fourth-order valence-electron chi connectivity index (χ4n) is 3.08. The summed E-state index contributed by atoms with van der Waals surface area (Å²) in [4.78, 5) is 2.56. The molecule has 1 aliphatic rings. The predicted octanol–water partition coefficient (Wildman–Crippen LogP) is 2.91. The fourth-order valence-corrected chi connectivity index (χ4v) is 3.08. The van der Waals surface area contributed by atoms with Crippen LogP contribution >= 0.6 is 0 Å². The van der Waals surface area contributed by atoms with Gasteiger partial charge in [-0.05, 0) is 18.9 Å². The molecule has 2 heterocycles. The maximum absolute atomic E-state index is 4.21. The Hall–Kier alpha value is -1.91. The van der Waals surface area contributed by atoms with Gasteiger partial charge in [-0.15, -0.1) is 0 Å². The Labute approximate surface area is 132 Å². The molecular formula is C18H24N4. The van der Waals surface area contributed by atoms with Crippen LogP contribution in [0.15, 0.2) is 49.3 Å². The number of hydrogen-bond acceptors (Lipinski definition) is 3. The topological polar surface area (TPSA) is 33.1 Å². The Balaban J connectivity index is 1.50. The Kier molecular flexibility index (Phi) is 4.71. The second-order valence-corrected chi connectivity index (χ2v) is 5.96. The van der Waals surface area contributed by atoms with Crippen LogP contribution in [0.1, 0.15) is 30.5 Å². The molecule has 0 amide bonds. The van der Waals surface area contributed by atoms with E-state index in [-0.39, 0.29) is 0 Å². The zero-order chi connectivity index (χ0) is 15.4. The summed E-state index contributed by atoms with van der Waals surface area (Å²) in [6, 6.07) is 11.8. The first-order chi connectivity index (χ1) is 10.8. The lowest BCUT2D eigenvalue weighted by atomic mass is 10.1. The van der Waals surface area contributed by atoms with Gasteiger partial charge in [0.25, 0.3) is 0 Å². The van der Waals surface area contributed by atoms with Crippen molar-refractivity contribution in [2.45, 2.75) is 32.0 Å². The second kappa shape index (κ2) is 6.90. The Bertz CT molecular complexity index is 605. The van der Waals surface area contributed by atoms with Gasteiger partial charge in [-0.2, -0.15) is 5.10 Å². The summed E-state index contributed by atoms with van der Waals surface area (Å²) in [5, 5.41) is 7.85. The molecule has 1 aromatic carbocycles. The fraction of sp³-hybridized carbons (Fsp3) is 0.389. The molecule has 4 nitrogen and oxygen atoms in total. The average molecular weight is 296 g/mol. The largest absolute Gasteiger partial charge is 0.308 e. The van der Waals surface area contributed by atoms with Crippen LogP contribution < -0.4 is 5.32 Å². The molecule has 3 rings (SSSR count). The molecule has 0 bridgehead atoms. The molecule has 0 saturated carbocycles. The minimum absolute atomic E-state index is 0.483. The first kappa shape index (κ1) is 15.0. The van der Waals surface area contributed by atoms with Gasteiger partial charge in [0, 0.05) is 49.7 Å². The number of nitrogens with one attached hydrogen (secondary N) is 1. The smallest absolute Gasteiger partial charge is 0.0538 e. The van der Waals surface area contributed by atoms with E-state index in [2.05, 4.69) is 59.1 Å². The van der Waals surface area contributed by atoms with Gasteiger partial charge < -0.3 is 5.32 Å². The van der Waals surface area contributed by atoms with Crippen LogP contribution in [0.2, 0.25) is 0 Å². The van der Waals surface area contributed by atoms with Crippen LogP contribution in [0, 0.1) is 0 Å². The number of benzene rings is 1. The highest BCUT2D eigenvalue weighted by atomic mass is 15.3. The molecule has 1 fully saturated rings. The summed E-state index contributed by atoms with van der Waals surface area (Å²) < 4.78 is 1.75. The standard InChI is InChI=1S/C18H24N4/c1-3-22-13-16(12-20-22)11-19-18-9-10-21(14-18)15(2)17-7-5-4-6-8-17/h3-8,12-13,15,18-19H,1,9-11,14H2,2H3. The first-order valence-electron chi connectivity index (χ1n) is 7.94. The number of rotatable bonds is 6. The zero-order valence-corrected chi connectivity index (χ0v) is 13.2. The van der Waals surface area contributed by atoms with Gasteiger partial charge in [-0.25, -0.2) is 4.68 Å². The second-order valence-electron chi connectivity index (χ2n) is 5.96. The Morgan fingerprint density at radius 2 is 2.23 bits per heavy atom. The normalized spacial score (nSPS) is 20.1. The van der Waals surface area contributed by atoms with Crippen molar-refractivity contribution in [3.8, 4) is 0 Å². The van der Waals surface area contributed by atoms with Gasteiger partial charge in [-0.3, -0.25) is 4.90 Å². The average Bonchev–Trinajstić information content (AvgIpc) is 3.22. The van der Waals surface area contributed by atoms with Crippen molar-refractivity contribution >= 4 is 6.20 Å². The summed E-state index contributed by atoms with van der Waals surface area (Å²) in [6.45, 7) is 9.13. The Morgan fingerprint density at radius 3 is 2.95 bits per heavy atom. The van der Waals surface area contributed by atoms with Gasteiger partial charge in [-0.1, -0.05) is 36.9 Å². The summed E-state index contributed by atoms with van der Waals surface area (Å²) in [5.41, 5.74) is 2.60. The van der Waals surface area contributed by atoms with E-state index in [1.165, 1.54) is 17.5 Å². The maximum Gasteiger partial charge on any atom is 0.0538 e. The SMILES string of the molecule is C=Cn1cc(CNC2CCN(C(C)c3ccccc3)C2)cn1. The highest BCUT2D eigenvalue weighted by molar-refractivity contribution is 5.19. The summed E-state index contributed by atoms with van der Waals surface area (Å²) >= 11 is 0. The number of hydrogen-bond donors (Lipinski definition) is 1. The summed E-state index contributed by atoms with van der Waals surface area (Å²) in [7, 11) is 0. The van der Waals surface area contributed by atoms with Crippen molar-refractivity contribution in [1.82, 2.24) is 20.0 Å². The van der Waals surface area contributed by atoms with Gasteiger partial charge in [0.15, 0.2) is 0 Å². The molecule has 1 saturated heterocycles. The van der Waals surface area contributed by atoms with Crippen molar-refractivity contribution in [3.63, 3.8) is 0 Å². The lowest BCUT2D eigenvalue weighted by molar-refractivity contribution is 0.255. The third kappa shape index (κ3) is 3.46. The van der Waals surface area contributed by atoms with E-state index < -0.39 is 0 Å². The number of nitrogens with zero attached hydrogens (tertiary/aromatic N) is 3. The van der Waals surface area contributed by atoms with Crippen LogP contribution in [0.25, 0.3) is 6.20 Å². The van der Waals surface area contributed by atoms with E-state index in [1.54, 1.807) is 10.9 Å². The third-order valence-corrected chi connectivity index (χ3v) is 4.49. The van der Waals surface area contributed by atoms with Crippen LogP contribution in [0.4, 0.5) is 0 Å². The van der Waals surface area contributed by atoms with Crippen molar-refractivity contribution in [2.24, 2.45) is 0 Å². The molecular weight excluding hydrogens is 272 g/mol. The predicted molar refractivity (Wildman–Crippen MR) is 90.3 cm³/mol. The van der Waals surface area contributed by atoms with E-state index in [0.717, 1.165) is 19.6 Å². The quantitative estimate of drug-likeness (QED) is 0.890. The maximum atomic E-state index is 4.21. The molecule has 0 radical (unpaired) electrons. The lowest BCUT2D eigenvalue weighted by Gasteiger charge is -2.24. The minimum atomic E-state index is 0.483. The van der Waals surface area contributed by atoms with Crippen LogP contribution in [0.5, 0.6) is 0 Å². The zero-order valence-electron chi connectivity index (χ0n) is 13.2. The Morgan fingerprint density at radius 1 is 1.41 bits per heavy atom. The van der Waals surface area contributed by atoms with Crippen molar-refractivity contribution in [3.05, 3.63) is 60.4 Å². The summed E-state index contributed by atoms with van der Waals surface area (Å²) in [6.07, 6.45) is 6.82. The van der Waals surface area contributed by atoms with Crippen LogP contribution in [-0.4, -0.2) is 33.8 Å². The molecule has 2 atom stereocenters. The monoisotopic (exact) mass is 296 g/mol. The molecule has 22 heavy (non-hydrogen) atoms. The van der Waals surface area contributed by atoms with Crippen molar-refractivity contribution in [2.75, 3.05) is 13.1 Å². The molecule has 0 spiro atoms. The van der Waals surface area contributed by atoms with Gasteiger partial charge >= 0.3 is 0 Å². The van der Waals surface area contributed by atoms with Gasteiger partial charge in [0.05, 0.1) is 6.20 Å². The summed E-state index contributed by atoms with van der Waals surface area (Å²) in [5.74, 6) is 0. The lowest BCUT2D eigenvalue weighted by Crippen LogP contribution is -2.33. The van der Waals surface area contributed by atoms with Gasteiger partial charge in [0.2, 0.25) is 0 Å². The third-order valence-electron chi connectivity index (χ3n) is 4.49. The van der Waals surface area contributed by atoms with E-state index in [1.807, 2.05) is 12.4 Å². The van der Waals surface area contributed by atoms with E-state index in [9.17, 15) is 0 Å². The first-order valence-corrected chi connectivity index (χ1v) is 7.94. The van der Waals surface area contributed by atoms with Crippen LogP contribution in [0.3, 0.4) is 0 Å². The number of likely N-dealkylation sites (tertiary alicyclic amines) is 1. The van der Waals surface area contributed by atoms with Crippen molar-refractivity contribution in [1.29, 1.82) is 0 Å². The van der Waals surface area contributed by atoms with E-state index >= 15 is 0 Å². The molecule has 1 N–H and O–H groups in total. The van der Waals surface area contributed by atoms with Crippen molar-refractivity contribution < 1.29 is 0 Å². The molecule has 116 valence electrons. The van der Waals surface area contributed by atoms with E-state index in [4.69, 9.17) is 0 Å². The van der Waals surface area contributed by atoms with Gasteiger partial charge in [0.1, 0.15) is 0 Å². The molecule has 1 aromatic heterocycles. The molecule has 1 aliphatic heterocycles. The molecule has 2 unspecified atom stereocenters. The minimum Gasteiger partial charge on any atom is -0.308 e. The molecule has 0 aliphatic carbocycles.